The number of carbonyl (C=O) groups is 2. The number of thiazole rings is 1. The average Bonchev–Trinajstić information content (AvgIpc) is 3.17. The normalized spacial score (nSPS) is 20.3. The summed E-state index contributed by atoms with van der Waals surface area (Å²) >= 11 is 1.30. The summed E-state index contributed by atoms with van der Waals surface area (Å²) in [5.41, 5.74) is -0.0757. The minimum atomic E-state index is -0.901. The van der Waals surface area contributed by atoms with Crippen molar-refractivity contribution in [3.63, 3.8) is 0 Å². The fourth-order valence-corrected chi connectivity index (χ4v) is 3.56. The quantitative estimate of drug-likeness (QED) is 0.922. The number of carbonyl (C=O) groups excluding carboxylic acids is 1. The molecule has 1 atom stereocenters. The van der Waals surface area contributed by atoms with Gasteiger partial charge in [-0.2, -0.15) is 0 Å². The number of benzene rings is 1. The van der Waals surface area contributed by atoms with Crippen LogP contribution in [0.1, 0.15) is 34.4 Å². The van der Waals surface area contributed by atoms with Crippen LogP contribution in [0.3, 0.4) is 0 Å². The van der Waals surface area contributed by atoms with E-state index in [1.807, 2.05) is 0 Å². The predicted octanol–water partition coefficient (Wildman–Crippen LogP) is 2.81. The van der Waals surface area contributed by atoms with Crippen LogP contribution in [0.15, 0.2) is 29.6 Å². The van der Waals surface area contributed by atoms with Crippen LogP contribution in [0.5, 0.6) is 0 Å². The van der Waals surface area contributed by atoms with Gasteiger partial charge in [-0.15, -0.1) is 11.3 Å². The summed E-state index contributed by atoms with van der Waals surface area (Å²) in [5.74, 6) is -1.45. The molecule has 1 fully saturated rings. The Balaban J connectivity index is 1.71. The molecule has 1 unspecified atom stereocenters. The van der Waals surface area contributed by atoms with E-state index in [0.29, 0.717) is 35.7 Å². The third-order valence-corrected chi connectivity index (χ3v) is 5.20. The first-order chi connectivity index (χ1) is 11.4. The van der Waals surface area contributed by atoms with Gasteiger partial charge in [0, 0.05) is 24.9 Å². The van der Waals surface area contributed by atoms with Crippen molar-refractivity contribution in [2.75, 3.05) is 13.1 Å². The number of rotatable bonds is 4. The van der Waals surface area contributed by atoms with Crippen molar-refractivity contribution in [2.45, 2.75) is 19.8 Å². The van der Waals surface area contributed by atoms with Gasteiger partial charge in [0.05, 0.1) is 10.4 Å². The monoisotopic (exact) mass is 348 g/mol. The molecule has 1 aromatic carbocycles. The van der Waals surface area contributed by atoms with Crippen molar-refractivity contribution >= 4 is 23.2 Å². The number of aliphatic carboxylic acids is 1. The lowest BCUT2D eigenvalue weighted by Gasteiger charge is -2.19. The van der Waals surface area contributed by atoms with Crippen molar-refractivity contribution < 1.29 is 19.1 Å². The zero-order valence-corrected chi connectivity index (χ0v) is 14.0. The molecule has 1 aliphatic heterocycles. The molecular weight excluding hydrogens is 331 g/mol. The lowest BCUT2D eigenvalue weighted by molar-refractivity contribution is -0.147. The second-order valence-electron chi connectivity index (χ2n) is 6.24. The number of hydrogen-bond acceptors (Lipinski definition) is 4. The zero-order valence-electron chi connectivity index (χ0n) is 13.2. The number of likely N-dealkylation sites (tertiary alicyclic amines) is 1. The maximum atomic E-state index is 13.7. The summed E-state index contributed by atoms with van der Waals surface area (Å²) in [6.45, 7) is 2.23. The van der Waals surface area contributed by atoms with Gasteiger partial charge in [0.25, 0.3) is 5.91 Å². The fourth-order valence-electron chi connectivity index (χ4n) is 2.77. The van der Waals surface area contributed by atoms with Gasteiger partial charge in [0.2, 0.25) is 0 Å². The minimum absolute atomic E-state index is 0.182. The predicted molar refractivity (Wildman–Crippen MR) is 87.6 cm³/mol. The molecule has 3 rings (SSSR count). The molecule has 5 nitrogen and oxygen atoms in total. The van der Waals surface area contributed by atoms with Gasteiger partial charge in [-0.05, 0) is 25.0 Å². The Morgan fingerprint density at radius 1 is 1.42 bits per heavy atom. The van der Waals surface area contributed by atoms with E-state index in [2.05, 4.69) is 4.98 Å². The lowest BCUT2D eigenvalue weighted by atomic mass is 9.90. The molecule has 7 heteroatoms. The molecule has 0 radical (unpaired) electrons. The van der Waals surface area contributed by atoms with Crippen LogP contribution in [0.25, 0.3) is 0 Å². The summed E-state index contributed by atoms with van der Waals surface area (Å²) in [6.07, 6.45) is 0.762. The van der Waals surface area contributed by atoms with Crippen LogP contribution < -0.4 is 0 Å². The number of halogens is 1. The van der Waals surface area contributed by atoms with Gasteiger partial charge >= 0.3 is 5.97 Å². The van der Waals surface area contributed by atoms with Crippen LogP contribution in [0, 0.1) is 11.2 Å². The number of nitrogens with zero attached hydrogens (tertiary/aromatic N) is 2. The van der Waals surface area contributed by atoms with Crippen molar-refractivity contribution in [3.05, 3.63) is 51.7 Å². The molecule has 0 bridgehead atoms. The highest BCUT2D eigenvalue weighted by atomic mass is 32.1. The van der Waals surface area contributed by atoms with Gasteiger partial charge in [-0.25, -0.2) is 9.37 Å². The first-order valence-corrected chi connectivity index (χ1v) is 8.47. The second-order valence-corrected chi connectivity index (χ2v) is 7.18. The molecule has 1 amide bonds. The summed E-state index contributed by atoms with van der Waals surface area (Å²) in [6, 6.07) is 6.47. The number of hydrogen-bond donors (Lipinski definition) is 1. The van der Waals surface area contributed by atoms with E-state index in [9.17, 15) is 19.1 Å². The Morgan fingerprint density at radius 3 is 2.83 bits per heavy atom. The Morgan fingerprint density at radius 2 is 2.17 bits per heavy atom. The molecule has 0 spiro atoms. The van der Waals surface area contributed by atoms with Crippen LogP contribution in [-0.4, -0.2) is 40.0 Å². The minimum Gasteiger partial charge on any atom is -0.481 e. The molecule has 0 saturated carbocycles. The van der Waals surface area contributed by atoms with Crippen LogP contribution >= 0.6 is 11.3 Å². The van der Waals surface area contributed by atoms with E-state index in [1.165, 1.54) is 22.3 Å². The number of amides is 1. The highest BCUT2D eigenvalue weighted by Crippen LogP contribution is 2.31. The van der Waals surface area contributed by atoms with Crippen LogP contribution in [-0.2, 0) is 11.2 Å². The molecular formula is C17H17FN2O3S. The molecule has 1 N–H and O–H groups in total. The Hall–Kier alpha value is -2.28. The maximum absolute atomic E-state index is 13.7. The molecule has 2 heterocycles. The SMILES string of the molecule is CC1(C(=O)O)CCN(C(=O)c2csc(Cc3ccccc3F)n2)C1. The van der Waals surface area contributed by atoms with Crippen LogP contribution in [0.2, 0.25) is 0 Å². The smallest absolute Gasteiger partial charge is 0.311 e. The van der Waals surface area contributed by atoms with Gasteiger partial charge < -0.3 is 10.0 Å². The van der Waals surface area contributed by atoms with Crippen molar-refractivity contribution in [1.29, 1.82) is 0 Å². The first-order valence-electron chi connectivity index (χ1n) is 7.59. The largest absolute Gasteiger partial charge is 0.481 e. The number of aromatic nitrogens is 1. The fraction of sp³-hybridized carbons (Fsp3) is 0.353. The van der Waals surface area contributed by atoms with Crippen LogP contribution in [0.4, 0.5) is 4.39 Å². The average molecular weight is 348 g/mol. The Labute approximate surface area is 142 Å². The van der Waals surface area contributed by atoms with E-state index in [-0.39, 0.29) is 18.3 Å². The topological polar surface area (TPSA) is 70.5 Å². The molecule has 24 heavy (non-hydrogen) atoms. The van der Waals surface area contributed by atoms with Crippen molar-refractivity contribution in [3.8, 4) is 0 Å². The van der Waals surface area contributed by atoms with Gasteiger partial charge in [-0.3, -0.25) is 9.59 Å². The van der Waals surface area contributed by atoms with Crippen molar-refractivity contribution in [1.82, 2.24) is 9.88 Å². The molecule has 126 valence electrons. The van der Waals surface area contributed by atoms with E-state index >= 15 is 0 Å². The highest BCUT2D eigenvalue weighted by Gasteiger charge is 2.42. The van der Waals surface area contributed by atoms with E-state index in [0.717, 1.165) is 0 Å². The Kier molecular flexibility index (Phi) is 4.36. The zero-order chi connectivity index (χ0) is 17.3. The van der Waals surface area contributed by atoms with Gasteiger partial charge in [0.15, 0.2) is 0 Å². The summed E-state index contributed by atoms with van der Waals surface area (Å²) in [5, 5.41) is 11.6. The molecule has 1 aromatic heterocycles. The summed E-state index contributed by atoms with van der Waals surface area (Å²) in [4.78, 5) is 29.6. The first kappa shape index (κ1) is 16.6. The van der Waals surface area contributed by atoms with Gasteiger partial charge in [-0.1, -0.05) is 18.2 Å². The molecule has 1 saturated heterocycles. The lowest BCUT2D eigenvalue weighted by Crippen LogP contribution is -2.35. The third-order valence-electron chi connectivity index (χ3n) is 4.35. The van der Waals surface area contributed by atoms with Crippen molar-refractivity contribution in [2.24, 2.45) is 5.41 Å². The Bertz CT molecular complexity index is 792. The molecule has 1 aliphatic rings. The maximum Gasteiger partial charge on any atom is 0.311 e. The van der Waals surface area contributed by atoms with E-state index < -0.39 is 11.4 Å². The second kappa shape index (κ2) is 6.32. The summed E-state index contributed by atoms with van der Waals surface area (Å²) in [7, 11) is 0. The van der Waals surface area contributed by atoms with Gasteiger partial charge in [0.1, 0.15) is 11.5 Å². The summed E-state index contributed by atoms with van der Waals surface area (Å²) < 4.78 is 13.7. The molecule has 0 aliphatic carbocycles. The number of carboxylic acid groups (broad SMARTS) is 1. The molecule has 2 aromatic rings. The number of carboxylic acids is 1. The van der Waals surface area contributed by atoms with E-state index in [4.69, 9.17) is 0 Å². The highest BCUT2D eigenvalue weighted by molar-refractivity contribution is 7.09. The van der Waals surface area contributed by atoms with E-state index in [1.54, 1.807) is 30.5 Å². The third kappa shape index (κ3) is 3.17. The standard InChI is InChI=1S/C17H17FN2O3S/c1-17(16(22)23)6-7-20(10-17)15(21)13-9-24-14(19-13)8-11-4-2-3-5-12(11)18/h2-5,9H,6-8,10H2,1H3,(H,22,23).